The molecule has 0 unspecified atom stereocenters. The number of aliphatic hydroxyl groups is 1. The minimum Gasteiger partial charge on any atom is -0.393 e. The molecule has 0 bridgehead atoms. The van der Waals surface area contributed by atoms with E-state index < -0.39 is 0 Å². The fourth-order valence-corrected chi connectivity index (χ4v) is 2.71. The molecule has 0 amide bonds. The van der Waals surface area contributed by atoms with Gasteiger partial charge in [0.2, 0.25) is 0 Å². The first kappa shape index (κ1) is 13.1. The lowest BCUT2D eigenvalue weighted by Crippen LogP contribution is -2.34. The monoisotopic (exact) mass is 297 g/mol. The Morgan fingerprint density at radius 1 is 1.29 bits per heavy atom. The van der Waals surface area contributed by atoms with Crippen LogP contribution >= 0.6 is 15.9 Å². The van der Waals surface area contributed by atoms with Crippen molar-refractivity contribution in [3.05, 3.63) is 33.8 Å². The van der Waals surface area contributed by atoms with Gasteiger partial charge in [0.05, 0.1) is 6.10 Å². The van der Waals surface area contributed by atoms with Gasteiger partial charge in [0, 0.05) is 17.1 Å². The fraction of sp³-hybridized carbons (Fsp3) is 0.571. The molecule has 17 heavy (non-hydrogen) atoms. The Morgan fingerprint density at radius 2 is 2.00 bits per heavy atom. The molecule has 0 aromatic heterocycles. The maximum absolute atomic E-state index is 9.45. The zero-order valence-electron chi connectivity index (χ0n) is 10.2. The lowest BCUT2D eigenvalue weighted by Gasteiger charge is -2.26. The molecule has 94 valence electrons. The average molecular weight is 298 g/mol. The summed E-state index contributed by atoms with van der Waals surface area (Å²) in [6.07, 6.45) is 3.99. The number of rotatable bonds is 3. The van der Waals surface area contributed by atoms with E-state index in [2.05, 4.69) is 46.4 Å². The molecule has 1 fully saturated rings. The third kappa shape index (κ3) is 3.80. The smallest absolute Gasteiger partial charge is 0.0541 e. The molecule has 0 aliphatic heterocycles. The average Bonchev–Trinajstić information content (AvgIpc) is 2.33. The minimum absolute atomic E-state index is 0.0680. The van der Waals surface area contributed by atoms with Crippen LogP contribution in [0.25, 0.3) is 0 Å². The Bertz CT molecular complexity index is 372. The summed E-state index contributed by atoms with van der Waals surface area (Å²) in [5.74, 6) is 0. The summed E-state index contributed by atoms with van der Waals surface area (Å²) in [5, 5.41) is 13.0. The summed E-state index contributed by atoms with van der Waals surface area (Å²) in [7, 11) is 0. The van der Waals surface area contributed by atoms with Gasteiger partial charge in [-0.25, -0.2) is 0 Å². The molecule has 3 heteroatoms. The summed E-state index contributed by atoms with van der Waals surface area (Å²) < 4.78 is 1.18. The Labute approximate surface area is 112 Å². The molecule has 0 heterocycles. The second kappa shape index (κ2) is 5.98. The highest BCUT2D eigenvalue weighted by Crippen LogP contribution is 2.20. The van der Waals surface area contributed by atoms with Gasteiger partial charge in [-0.1, -0.05) is 28.1 Å². The lowest BCUT2D eigenvalue weighted by molar-refractivity contribution is 0.116. The number of nitrogens with one attached hydrogen (secondary N) is 1. The van der Waals surface area contributed by atoms with E-state index in [1.807, 2.05) is 0 Å². The molecule has 2 rings (SSSR count). The zero-order chi connectivity index (χ0) is 12.3. The fourth-order valence-electron chi connectivity index (χ4n) is 2.29. The van der Waals surface area contributed by atoms with E-state index in [9.17, 15) is 5.11 Å². The SMILES string of the molecule is Cc1ccc(CNC2CCC(O)CC2)cc1Br. The number of aryl methyl sites for hydroxylation is 1. The Kier molecular flexibility index (Phi) is 4.60. The van der Waals surface area contributed by atoms with Crippen LogP contribution in [0.15, 0.2) is 22.7 Å². The van der Waals surface area contributed by atoms with E-state index >= 15 is 0 Å². The van der Waals surface area contributed by atoms with Crippen LogP contribution in [-0.2, 0) is 6.54 Å². The van der Waals surface area contributed by atoms with Crippen LogP contribution in [0.1, 0.15) is 36.8 Å². The van der Waals surface area contributed by atoms with Gasteiger partial charge in [0.25, 0.3) is 0 Å². The molecule has 0 atom stereocenters. The first-order valence-electron chi connectivity index (χ1n) is 6.31. The zero-order valence-corrected chi connectivity index (χ0v) is 11.8. The highest BCUT2D eigenvalue weighted by molar-refractivity contribution is 9.10. The predicted octanol–water partition coefficient (Wildman–Crippen LogP) is 3.15. The van der Waals surface area contributed by atoms with Gasteiger partial charge in [0.15, 0.2) is 0 Å². The number of hydrogen-bond acceptors (Lipinski definition) is 2. The number of benzene rings is 1. The topological polar surface area (TPSA) is 32.3 Å². The molecule has 2 nitrogen and oxygen atoms in total. The van der Waals surface area contributed by atoms with E-state index in [-0.39, 0.29) is 6.10 Å². The van der Waals surface area contributed by atoms with Crippen molar-refractivity contribution in [1.29, 1.82) is 0 Å². The Balaban J connectivity index is 1.83. The van der Waals surface area contributed by atoms with Crippen LogP contribution in [0, 0.1) is 6.92 Å². The van der Waals surface area contributed by atoms with Crippen molar-refractivity contribution in [3.8, 4) is 0 Å². The second-order valence-electron chi connectivity index (χ2n) is 4.97. The van der Waals surface area contributed by atoms with Crippen LogP contribution < -0.4 is 5.32 Å². The number of aliphatic hydroxyl groups excluding tert-OH is 1. The van der Waals surface area contributed by atoms with Gasteiger partial charge in [-0.05, 0) is 49.8 Å². The summed E-state index contributed by atoms with van der Waals surface area (Å²) in [5.41, 5.74) is 2.59. The van der Waals surface area contributed by atoms with Crippen LogP contribution in [0.4, 0.5) is 0 Å². The third-order valence-electron chi connectivity index (χ3n) is 3.53. The van der Waals surface area contributed by atoms with Crippen molar-refractivity contribution in [2.75, 3.05) is 0 Å². The van der Waals surface area contributed by atoms with Crippen molar-refractivity contribution >= 4 is 15.9 Å². The van der Waals surface area contributed by atoms with E-state index in [1.54, 1.807) is 0 Å². The summed E-state index contributed by atoms with van der Waals surface area (Å²) in [6.45, 7) is 3.02. The standard InChI is InChI=1S/C14H20BrNO/c1-10-2-3-11(8-14(10)15)9-16-12-4-6-13(17)7-5-12/h2-3,8,12-13,16-17H,4-7,9H2,1H3. The number of halogens is 1. The Hall–Kier alpha value is -0.380. The molecule has 0 spiro atoms. The van der Waals surface area contributed by atoms with Gasteiger partial charge >= 0.3 is 0 Å². The normalized spacial score (nSPS) is 24.9. The molecule has 1 aromatic carbocycles. The van der Waals surface area contributed by atoms with Crippen molar-refractivity contribution in [1.82, 2.24) is 5.32 Å². The van der Waals surface area contributed by atoms with Gasteiger partial charge in [-0.2, -0.15) is 0 Å². The molecular formula is C14H20BrNO. The molecule has 2 N–H and O–H groups in total. The molecular weight excluding hydrogens is 278 g/mol. The van der Waals surface area contributed by atoms with E-state index in [4.69, 9.17) is 0 Å². The van der Waals surface area contributed by atoms with Crippen LogP contribution in [0.3, 0.4) is 0 Å². The first-order chi connectivity index (χ1) is 8.15. The van der Waals surface area contributed by atoms with E-state index in [1.165, 1.54) is 15.6 Å². The Morgan fingerprint density at radius 3 is 2.65 bits per heavy atom. The van der Waals surface area contributed by atoms with Crippen molar-refractivity contribution in [3.63, 3.8) is 0 Å². The van der Waals surface area contributed by atoms with Gasteiger partial charge < -0.3 is 10.4 Å². The maximum atomic E-state index is 9.45. The third-order valence-corrected chi connectivity index (χ3v) is 4.38. The van der Waals surface area contributed by atoms with Crippen LogP contribution in [0.5, 0.6) is 0 Å². The van der Waals surface area contributed by atoms with E-state index in [0.717, 1.165) is 32.2 Å². The molecule has 1 aliphatic carbocycles. The maximum Gasteiger partial charge on any atom is 0.0541 e. The highest BCUT2D eigenvalue weighted by Gasteiger charge is 2.18. The largest absolute Gasteiger partial charge is 0.393 e. The first-order valence-corrected chi connectivity index (χ1v) is 7.11. The molecule has 1 aliphatic rings. The minimum atomic E-state index is -0.0680. The molecule has 1 saturated carbocycles. The van der Waals surface area contributed by atoms with Crippen LogP contribution in [-0.4, -0.2) is 17.3 Å². The van der Waals surface area contributed by atoms with Gasteiger partial charge in [-0.3, -0.25) is 0 Å². The number of hydrogen-bond donors (Lipinski definition) is 2. The lowest BCUT2D eigenvalue weighted by atomic mass is 9.93. The van der Waals surface area contributed by atoms with Crippen LogP contribution in [0.2, 0.25) is 0 Å². The van der Waals surface area contributed by atoms with E-state index in [0.29, 0.717) is 6.04 Å². The summed E-state index contributed by atoms with van der Waals surface area (Å²) in [6, 6.07) is 7.06. The molecule has 0 saturated heterocycles. The van der Waals surface area contributed by atoms with Crippen molar-refractivity contribution in [2.24, 2.45) is 0 Å². The quantitative estimate of drug-likeness (QED) is 0.898. The molecule has 0 radical (unpaired) electrons. The van der Waals surface area contributed by atoms with Gasteiger partial charge in [0.1, 0.15) is 0 Å². The second-order valence-corrected chi connectivity index (χ2v) is 5.82. The van der Waals surface area contributed by atoms with Gasteiger partial charge in [-0.15, -0.1) is 0 Å². The summed E-state index contributed by atoms with van der Waals surface area (Å²) >= 11 is 3.56. The predicted molar refractivity (Wildman–Crippen MR) is 74.0 cm³/mol. The van der Waals surface area contributed by atoms with Crippen molar-refractivity contribution in [2.45, 2.75) is 51.3 Å². The summed E-state index contributed by atoms with van der Waals surface area (Å²) in [4.78, 5) is 0. The highest BCUT2D eigenvalue weighted by atomic mass is 79.9. The molecule has 1 aromatic rings. The van der Waals surface area contributed by atoms with Crippen molar-refractivity contribution < 1.29 is 5.11 Å².